The van der Waals surface area contributed by atoms with Crippen molar-refractivity contribution in [2.45, 2.75) is 0 Å². The first kappa shape index (κ1) is 14.5. The Bertz CT molecular complexity index is 982. The molecule has 5 nitrogen and oxygen atoms in total. The minimum Gasteiger partial charge on any atom is -0.421 e. The van der Waals surface area contributed by atoms with Crippen LogP contribution in [0.25, 0.3) is 20.9 Å². The zero-order valence-corrected chi connectivity index (χ0v) is 13.2. The molecule has 1 aromatic carbocycles. The minimum atomic E-state index is -0.481. The fourth-order valence-electron chi connectivity index (χ4n) is 2.28. The molecule has 116 valence electrons. The van der Waals surface area contributed by atoms with Gasteiger partial charge in [0.2, 0.25) is 0 Å². The second-order valence-electron chi connectivity index (χ2n) is 4.96. The van der Waals surface area contributed by atoms with Gasteiger partial charge in [0.05, 0.1) is 22.0 Å². The lowest BCUT2D eigenvalue weighted by atomic mass is 10.2. The highest BCUT2D eigenvalue weighted by molar-refractivity contribution is 7.21. The average molecular weight is 333 g/mol. The fourth-order valence-corrected chi connectivity index (χ4v) is 3.26. The number of pyridine rings is 2. The molecule has 4 rings (SSSR count). The predicted molar refractivity (Wildman–Crippen MR) is 92.0 cm³/mol. The number of thiazole rings is 1. The van der Waals surface area contributed by atoms with Crippen molar-refractivity contribution in [3.8, 4) is 16.5 Å². The van der Waals surface area contributed by atoms with Crippen LogP contribution in [0.3, 0.4) is 0 Å². The number of fused-ring (bicyclic) bond motifs is 1. The third-order valence-corrected chi connectivity index (χ3v) is 4.41. The van der Waals surface area contributed by atoms with Gasteiger partial charge in [0.25, 0.3) is 0 Å². The monoisotopic (exact) mass is 333 g/mol. The summed E-state index contributed by atoms with van der Waals surface area (Å²) in [5.74, 6) is -0.0908. The van der Waals surface area contributed by atoms with Crippen LogP contribution in [0.15, 0.2) is 67.1 Å². The van der Waals surface area contributed by atoms with E-state index in [2.05, 4.69) is 15.0 Å². The van der Waals surface area contributed by atoms with Gasteiger partial charge in [-0.05, 0) is 36.4 Å². The summed E-state index contributed by atoms with van der Waals surface area (Å²) in [6.07, 6.45) is 4.75. The summed E-state index contributed by atoms with van der Waals surface area (Å²) >= 11 is 1.49. The molecule has 0 aliphatic rings. The lowest BCUT2D eigenvalue weighted by molar-refractivity contribution is 0.0734. The van der Waals surface area contributed by atoms with Gasteiger partial charge in [-0.2, -0.15) is 0 Å². The number of esters is 1. The molecule has 0 aliphatic heterocycles. The maximum atomic E-state index is 12.5. The van der Waals surface area contributed by atoms with Crippen molar-refractivity contribution in [1.29, 1.82) is 0 Å². The lowest BCUT2D eigenvalue weighted by Crippen LogP contribution is -2.10. The van der Waals surface area contributed by atoms with E-state index in [1.807, 2.05) is 24.3 Å². The van der Waals surface area contributed by atoms with Crippen LogP contribution < -0.4 is 4.74 Å². The summed E-state index contributed by atoms with van der Waals surface area (Å²) in [5.41, 5.74) is 1.78. The number of rotatable bonds is 3. The van der Waals surface area contributed by atoms with E-state index in [1.54, 1.807) is 36.7 Å². The average Bonchev–Trinajstić information content (AvgIpc) is 3.06. The van der Waals surface area contributed by atoms with Crippen molar-refractivity contribution in [3.63, 3.8) is 0 Å². The summed E-state index contributed by atoms with van der Waals surface area (Å²) in [4.78, 5) is 25.4. The molecule has 3 heterocycles. The molecule has 0 fully saturated rings. The summed E-state index contributed by atoms with van der Waals surface area (Å²) in [6.45, 7) is 0. The maximum absolute atomic E-state index is 12.5. The van der Waals surface area contributed by atoms with E-state index in [1.165, 1.54) is 17.5 Å². The number of hydrogen-bond donors (Lipinski definition) is 0. The Hall–Kier alpha value is -3.12. The Labute approximate surface area is 141 Å². The predicted octanol–water partition coefficient (Wildman–Crippen LogP) is 3.97. The van der Waals surface area contributed by atoms with Gasteiger partial charge < -0.3 is 4.74 Å². The summed E-state index contributed by atoms with van der Waals surface area (Å²) in [6, 6.07) is 14.6. The van der Waals surface area contributed by atoms with E-state index in [4.69, 9.17) is 4.74 Å². The number of benzene rings is 1. The van der Waals surface area contributed by atoms with Crippen molar-refractivity contribution in [3.05, 3.63) is 72.7 Å². The quantitative estimate of drug-likeness (QED) is 0.531. The highest BCUT2D eigenvalue weighted by Crippen LogP contribution is 2.31. The molecule has 0 bridgehead atoms. The van der Waals surface area contributed by atoms with Crippen LogP contribution in [0.4, 0.5) is 0 Å². The highest BCUT2D eigenvalue weighted by atomic mass is 32.1. The second-order valence-corrected chi connectivity index (χ2v) is 6.00. The molecule has 24 heavy (non-hydrogen) atoms. The van der Waals surface area contributed by atoms with Gasteiger partial charge in [-0.1, -0.05) is 12.1 Å². The van der Waals surface area contributed by atoms with E-state index in [9.17, 15) is 4.79 Å². The van der Waals surface area contributed by atoms with Crippen LogP contribution >= 0.6 is 11.3 Å². The number of hydrogen-bond acceptors (Lipinski definition) is 6. The summed E-state index contributed by atoms with van der Waals surface area (Å²) in [5, 5.41) is 0.690. The van der Waals surface area contributed by atoms with Crippen molar-refractivity contribution < 1.29 is 9.53 Å². The Kier molecular flexibility index (Phi) is 3.72. The molecule has 0 N–H and O–H groups in total. The fraction of sp³-hybridized carbons (Fsp3) is 0. The standard InChI is InChI=1S/C18H11N3O2S/c22-18(23-12-5-3-9-19-11-12)13-6-4-10-20-16(13)17-21-14-7-1-2-8-15(14)24-17/h1-11H. The zero-order valence-electron chi connectivity index (χ0n) is 12.4. The smallest absolute Gasteiger partial charge is 0.345 e. The molecule has 0 amide bonds. The Morgan fingerprint density at radius 2 is 1.88 bits per heavy atom. The summed E-state index contributed by atoms with van der Waals surface area (Å²) in [7, 11) is 0. The molecular formula is C18H11N3O2S. The van der Waals surface area contributed by atoms with Gasteiger partial charge in [0.1, 0.15) is 16.5 Å². The molecule has 6 heteroatoms. The lowest BCUT2D eigenvalue weighted by Gasteiger charge is -2.06. The molecule has 0 unspecified atom stereocenters. The Morgan fingerprint density at radius 1 is 1.00 bits per heavy atom. The number of carbonyl (C=O) groups excluding carboxylic acids is 1. The van der Waals surface area contributed by atoms with Crippen molar-refractivity contribution in [1.82, 2.24) is 15.0 Å². The molecule has 0 radical (unpaired) electrons. The van der Waals surface area contributed by atoms with Crippen LogP contribution in [0.2, 0.25) is 0 Å². The first-order valence-corrected chi connectivity index (χ1v) is 8.06. The minimum absolute atomic E-state index is 0.375. The van der Waals surface area contributed by atoms with E-state index >= 15 is 0 Å². The second kappa shape index (κ2) is 6.17. The molecule has 3 aromatic heterocycles. The van der Waals surface area contributed by atoms with Crippen molar-refractivity contribution >= 4 is 27.5 Å². The van der Waals surface area contributed by atoms with Gasteiger partial charge in [-0.15, -0.1) is 11.3 Å². The van der Waals surface area contributed by atoms with Crippen LogP contribution in [0, 0.1) is 0 Å². The van der Waals surface area contributed by atoms with E-state index in [-0.39, 0.29) is 0 Å². The number of nitrogens with zero attached hydrogens (tertiary/aromatic N) is 3. The first-order valence-electron chi connectivity index (χ1n) is 7.24. The maximum Gasteiger partial charge on any atom is 0.345 e. The van der Waals surface area contributed by atoms with Crippen molar-refractivity contribution in [2.75, 3.05) is 0 Å². The number of carbonyl (C=O) groups is 1. The number of para-hydroxylation sites is 1. The van der Waals surface area contributed by atoms with E-state index in [0.29, 0.717) is 22.0 Å². The molecule has 0 atom stereocenters. The normalized spacial score (nSPS) is 10.7. The van der Waals surface area contributed by atoms with Gasteiger partial charge >= 0.3 is 5.97 Å². The molecule has 0 saturated carbocycles. The molecule has 0 spiro atoms. The third-order valence-electron chi connectivity index (χ3n) is 3.37. The Balaban J connectivity index is 1.73. The van der Waals surface area contributed by atoms with Crippen LogP contribution in [0.5, 0.6) is 5.75 Å². The van der Waals surface area contributed by atoms with E-state index in [0.717, 1.165) is 10.2 Å². The van der Waals surface area contributed by atoms with Crippen LogP contribution in [-0.4, -0.2) is 20.9 Å². The molecule has 0 saturated heterocycles. The topological polar surface area (TPSA) is 65.0 Å². The molecular weight excluding hydrogens is 322 g/mol. The van der Waals surface area contributed by atoms with Gasteiger partial charge in [0.15, 0.2) is 0 Å². The zero-order chi connectivity index (χ0) is 16.4. The molecule has 0 aliphatic carbocycles. The van der Waals surface area contributed by atoms with Crippen LogP contribution in [0.1, 0.15) is 10.4 Å². The van der Waals surface area contributed by atoms with Crippen LogP contribution in [-0.2, 0) is 0 Å². The van der Waals surface area contributed by atoms with Gasteiger partial charge in [0, 0.05) is 12.4 Å². The number of ether oxygens (including phenoxy) is 1. The van der Waals surface area contributed by atoms with Gasteiger partial charge in [-0.25, -0.2) is 9.78 Å². The highest BCUT2D eigenvalue weighted by Gasteiger charge is 2.18. The Morgan fingerprint density at radius 3 is 2.71 bits per heavy atom. The van der Waals surface area contributed by atoms with Crippen molar-refractivity contribution in [2.24, 2.45) is 0 Å². The third kappa shape index (κ3) is 2.75. The first-order chi connectivity index (χ1) is 11.8. The largest absolute Gasteiger partial charge is 0.421 e. The summed E-state index contributed by atoms with van der Waals surface area (Å²) < 4.78 is 6.42. The molecule has 4 aromatic rings. The SMILES string of the molecule is O=C(Oc1cccnc1)c1cccnc1-c1nc2ccccc2s1. The van der Waals surface area contributed by atoms with Gasteiger partial charge in [-0.3, -0.25) is 9.97 Å². The van der Waals surface area contributed by atoms with E-state index < -0.39 is 5.97 Å². The number of aromatic nitrogens is 3.